The fourth-order valence-corrected chi connectivity index (χ4v) is 2.14. The number of aliphatic hydroxyl groups excluding tert-OH is 5. The molecule has 0 aromatic heterocycles. The van der Waals surface area contributed by atoms with E-state index in [4.69, 9.17) is 15.3 Å². The molecule has 7 N–H and O–H groups in total. The minimum absolute atomic E-state index is 0.0399. The molecule has 7 nitrogen and oxygen atoms in total. The van der Waals surface area contributed by atoms with E-state index in [-0.39, 0.29) is 26.1 Å². The lowest BCUT2D eigenvalue weighted by molar-refractivity contribution is -0.134. The zero-order valence-corrected chi connectivity index (χ0v) is 9.53. The van der Waals surface area contributed by atoms with E-state index in [1.54, 1.807) is 0 Å². The van der Waals surface area contributed by atoms with Gasteiger partial charge in [0.1, 0.15) is 0 Å². The summed E-state index contributed by atoms with van der Waals surface area (Å²) < 4.78 is 0. The van der Waals surface area contributed by atoms with Crippen LogP contribution in [0.4, 0.5) is 0 Å². The van der Waals surface area contributed by atoms with Crippen LogP contribution in [0.5, 0.6) is 0 Å². The molecular formula is C10H21NO6. The van der Waals surface area contributed by atoms with Crippen molar-refractivity contribution in [3.63, 3.8) is 0 Å². The predicted octanol–water partition coefficient (Wildman–Crippen LogP) is -3.46. The monoisotopic (exact) mass is 251 g/mol. The molecule has 0 aromatic carbocycles. The van der Waals surface area contributed by atoms with Gasteiger partial charge in [-0.3, -0.25) is 0 Å². The Hall–Kier alpha value is -0.280. The summed E-state index contributed by atoms with van der Waals surface area (Å²) in [4.78, 5) is 0. The van der Waals surface area contributed by atoms with Crippen LogP contribution in [0.2, 0.25) is 0 Å². The lowest BCUT2D eigenvalue weighted by atomic mass is 9.78. The first kappa shape index (κ1) is 14.8. The van der Waals surface area contributed by atoms with Crippen molar-refractivity contribution in [2.24, 2.45) is 0 Å². The molecule has 102 valence electrons. The summed E-state index contributed by atoms with van der Waals surface area (Å²) >= 11 is 0. The third-order valence-corrected chi connectivity index (χ3v) is 3.18. The van der Waals surface area contributed by atoms with Crippen molar-refractivity contribution in [2.45, 2.75) is 42.7 Å². The summed E-state index contributed by atoms with van der Waals surface area (Å²) in [5.74, 6) is 0. The highest BCUT2D eigenvalue weighted by Crippen LogP contribution is 2.29. The van der Waals surface area contributed by atoms with Crippen molar-refractivity contribution < 1.29 is 30.6 Å². The van der Waals surface area contributed by atoms with Crippen LogP contribution < -0.4 is 5.32 Å². The van der Waals surface area contributed by atoms with Crippen molar-refractivity contribution in [2.75, 3.05) is 19.8 Å². The van der Waals surface area contributed by atoms with Crippen LogP contribution in [0.15, 0.2) is 0 Å². The predicted molar refractivity (Wildman–Crippen MR) is 58.2 cm³/mol. The van der Waals surface area contributed by atoms with E-state index in [1.165, 1.54) is 0 Å². The van der Waals surface area contributed by atoms with Gasteiger partial charge in [0.25, 0.3) is 0 Å². The number of rotatable bonds is 5. The highest BCUT2D eigenvalue weighted by Gasteiger charge is 2.44. The second-order valence-corrected chi connectivity index (χ2v) is 4.68. The van der Waals surface area contributed by atoms with Crippen LogP contribution in [-0.2, 0) is 0 Å². The van der Waals surface area contributed by atoms with Crippen LogP contribution in [0.1, 0.15) is 12.8 Å². The third-order valence-electron chi connectivity index (χ3n) is 3.18. The molecule has 0 bridgehead atoms. The Morgan fingerprint density at radius 1 is 1.12 bits per heavy atom. The first-order valence-electron chi connectivity index (χ1n) is 5.63. The molecule has 4 unspecified atom stereocenters. The second-order valence-electron chi connectivity index (χ2n) is 4.68. The van der Waals surface area contributed by atoms with Gasteiger partial charge in [-0.25, -0.2) is 0 Å². The third kappa shape index (κ3) is 3.59. The Morgan fingerprint density at radius 3 is 2.18 bits per heavy atom. The fourth-order valence-electron chi connectivity index (χ4n) is 2.14. The second kappa shape index (κ2) is 6.05. The Labute approximate surface area is 99.3 Å². The van der Waals surface area contributed by atoms with E-state index < -0.39 is 36.5 Å². The summed E-state index contributed by atoms with van der Waals surface area (Å²) in [7, 11) is 0. The number of aliphatic hydroxyl groups is 6. The minimum Gasteiger partial charge on any atom is -0.395 e. The average molecular weight is 251 g/mol. The van der Waals surface area contributed by atoms with E-state index in [0.717, 1.165) is 0 Å². The lowest BCUT2D eigenvalue weighted by Gasteiger charge is -2.42. The molecule has 1 saturated carbocycles. The molecule has 1 fully saturated rings. The Bertz CT molecular complexity index is 237. The molecule has 1 aliphatic carbocycles. The molecule has 0 aliphatic heterocycles. The molecule has 0 aromatic rings. The first-order valence-corrected chi connectivity index (χ1v) is 5.63. The van der Waals surface area contributed by atoms with Crippen molar-refractivity contribution in [3.8, 4) is 0 Å². The van der Waals surface area contributed by atoms with E-state index in [9.17, 15) is 15.3 Å². The summed E-state index contributed by atoms with van der Waals surface area (Å²) in [6.07, 6.45) is -2.33. The lowest BCUT2D eigenvalue weighted by Crippen LogP contribution is -2.61. The minimum atomic E-state index is -1.45. The molecule has 17 heavy (non-hydrogen) atoms. The maximum Gasteiger partial charge on any atom is 0.0953 e. The molecule has 0 amide bonds. The maximum atomic E-state index is 9.91. The SMILES string of the molecule is OCC(CO)NC1CC(O)(CO)CC(O)C1O. The molecule has 7 heteroatoms. The molecule has 1 aliphatic rings. The molecule has 4 atom stereocenters. The van der Waals surface area contributed by atoms with E-state index in [2.05, 4.69) is 5.32 Å². The van der Waals surface area contributed by atoms with Gasteiger partial charge in [-0.05, 0) is 6.42 Å². The first-order chi connectivity index (χ1) is 7.95. The number of nitrogens with one attached hydrogen (secondary N) is 1. The van der Waals surface area contributed by atoms with Gasteiger partial charge < -0.3 is 36.0 Å². The van der Waals surface area contributed by atoms with Crippen molar-refractivity contribution in [3.05, 3.63) is 0 Å². The van der Waals surface area contributed by atoms with Gasteiger partial charge in [-0.15, -0.1) is 0 Å². The number of hydrogen-bond acceptors (Lipinski definition) is 7. The molecular weight excluding hydrogens is 230 g/mol. The van der Waals surface area contributed by atoms with Gasteiger partial charge in [-0.1, -0.05) is 0 Å². The molecule has 0 heterocycles. The Kier molecular flexibility index (Phi) is 5.26. The zero-order valence-electron chi connectivity index (χ0n) is 9.53. The Balaban J connectivity index is 2.68. The highest BCUT2D eigenvalue weighted by atomic mass is 16.3. The highest BCUT2D eigenvalue weighted by molar-refractivity contribution is 4.99. The van der Waals surface area contributed by atoms with Gasteiger partial charge in [0, 0.05) is 12.5 Å². The quantitative estimate of drug-likeness (QED) is 0.270. The van der Waals surface area contributed by atoms with E-state index >= 15 is 0 Å². The maximum absolute atomic E-state index is 9.91. The topological polar surface area (TPSA) is 133 Å². The smallest absolute Gasteiger partial charge is 0.0953 e. The van der Waals surface area contributed by atoms with Gasteiger partial charge in [-0.2, -0.15) is 0 Å². The van der Waals surface area contributed by atoms with Crippen LogP contribution in [0.25, 0.3) is 0 Å². The van der Waals surface area contributed by atoms with Crippen molar-refractivity contribution in [1.82, 2.24) is 5.32 Å². The summed E-state index contributed by atoms with van der Waals surface area (Å²) in [5, 5.41) is 58.9. The zero-order chi connectivity index (χ0) is 13.1. The van der Waals surface area contributed by atoms with Crippen molar-refractivity contribution in [1.29, 1.82) is 0 Å². The fraction of sp³-hybridized carbons (Fsp3) is 1.00. The summed E-state index contributed by atoms with van der Waals surface area (Å²) in [5.41, 5.74) is -1.45. The van der Waals surface area contributed by atoms with Gasteiger partial charge in [0.05, 0.1) is 43.7 Å². The molecule has 0 saturated heterocycles. The summed E-state index contributed by atoms with van der Waals surface area (Å²) in [6.45, 7) is -1.17. The standard InChI is InChI=1S/C10H21NO6/c12-3-6(4-13)11-7-1-10(17,5-14)2-8(15)9(7)16/h6-9,11-17H,1-5H2. The van der Waals surface area contributed by atoms with Crippen LogP contribution in [0.3, 0.4) is 0 Å². The molecule has 0 radical (unpaired) electrons. The normalized spacial score (nSPS) is 38.6. The summed E-state index contributed by atoms with van der Waals surface area (Å²) in [6, 6.07) is -1.33. The van der Waals surface area contributed by atoms with E-state index in [0.29, 0.717) is 0 Å². The van der Waals surface area contributed by atoms with Crippen LogP contribution in [0, 0.1) is 0 Å². The molecule has 1 rings (SSSR count). The van der Waals surface area contributed by atoms with Gasteiger partial charge in [0.15, 0.2) is 0 Å². The van der Waals surface area contributed by atoms with Crippen molar-refractivity contribution >= 4 is 0 Å². The van der Waals surface area contributed by atoms with E-state index in [1.807, 2.05) is 0 Å². The number of hydrogen-bond donors (Lipinski definition) is 7. The van der Waals surface area contributed by atoms with Crippen LogP contribution in [-0.4, -0.2) is 80.4 Å². The molecule has 0 spiro atoms. The van der Waals surface area contributed by atoms with Gasteiger partial charge in [0.2, 0.25) is 0 Å². The van der Waals surface area contributed by atoms with Crippen LogP contribution >= 0.6 is 0 Å². The average Bonchev–Trinajstić information content (AvgIpc) is 2.32. The van der Waals surface area contributed by atoms with Gasteiger partial charge >= 0.3 is 0 Å². The Morgan fingerprint density at radius 2 is 1.71 bits per heavy atom. The largest absolute Gasteiger partial charge is 0.395 e.